The molecule has 0 aromatic carbocycles. The van der Waals surface area contributed by atoms with Crippen LogP contribution in [0.4, 0.5) is 4.79 Å². The van der Waals surface area contributed by atoms with Crippen LogP contribution in [0, 0.1) is 5.41 Å². The molecule has 0 N–H and O–H groups in total. The lowest BCUT2D eigenvalue weighted by Gasteiger charge is -2.37. The number of barbiturate groups is 1. The Hall–Kier alpha value is -1.39. The minimum atomic E-state index is -1.13. The molecular weight excluding hydrogens is 172 g/mol. The van der Waals surface area contributed by atoms with Gasteiger partial charge in [0.1, 0.15) is 5.41 Å². The van der Waals surface area contributed by atoms with E-state index in [2.05, 4.69) is 0 Å². The van der Waals surface area contributed by atoms with Gasteiger partial charge in [-0.05, 0) is 13.8 Å². The largest absolute Gasteiger partial charge is 0.332 e. The Bertz CT molecular complexity index is 270. The predicted molar refractivity (Wildman–Crippen MR) is 44.7 cm³/mol. The van der Waals surface area contributed by atoms with Crippen LogP contribution in [0.15, 0.2) is 0 Å². The molecule has 13 heavy (non-hydrogen) atoms. The molecule has 0 aliphatic carbocycles. The van der Waals surface area contributed by atoms with Crippen molar-refractivity contribution < 1.29 is 14.4 Å². The fraction of sp³-hybridized carbons (Fsp3) is 0.625. The van der Waals surface area contributed by atoms with Crippen LogP contribution in [-0.4, -0.2) is 41.7 Å². The molecule has 1 aliphatic rings. The van der Waals surface area contributed by atoms with Gasteiger partial charge in [-0.1, -0.05) is 0 Å². The third kappa shape index (κ3) is 1.11. The lowest BCUT2D eigenvalue weighted by atomic mass is 9.88. The first-order valence-corrected chi connectivity index (χ1v) is 3.90. The number of carbonyl (C=O) groups is 3. The van der Waals surface area contributed by atoms with E-state index in [1.54, 1.807) is 0 Å². The maximum absolute atomic E-state index is 11.5. The van der Waals surface area contributed by atoms with Gasteiger partial charge in [0.25, 0.3) is 0 Å². The van der Waals surface area contributed by atoms with E-state index in [1.165, 1.54) is 27.9 Å². The van der Waals surface area contributed by atoms with Crippen molar-refractivity contribution in [1.29, 1.82) is 0 Å². The number of urea groups is 1. The Morgan fingerprint density at radius 3 is 1.54 bits per heavy atom. The molecule has 5 heteroatoms. The van der Waals surface area contributed by atoms with Gasteiger partial charge in [0, 0.05) is 14.1 Å². The standard InChI is InChI=1S/C8H12N2O3/c1-8(2)5(11)9(3)7(13)10(4)6(8)12/h1-4H3. The van der Waals surface area contributed by atoms with Crippen molar-refractivity contribution in [2.45, 2.75) is 13.8 Å². The Morgan fingerprint density at radius 2 is 1.23 bits per heavy atom. The normalized spacial score (nSPS) is 22.6. The minimum Gasteiger partial charge on any atom is -0.273 e. The van der Waals surface area contributed by atoms with Crippen LogP contribution >= 0.6 is 0 Å². The molecule has 0 unspecified atom stereocenters. The van der Waals surface area contributed by atoms with Gasteiger partial charge in [0.05, 0.1) is 0 Å². The van der Waals surface area contributed by atoms with E-state index < -0.39 is 23.3 Å². The van der Waals surface area contributed by atoms with Gasteiger partial charge >= 0.3 is 6.03 Å². The Labute approximate surface area is 76.3 Å². The summed E-state index contributed by atoms with van der Waals surface area (Å²) in [6.07, 6.45) is 0. The van der Waals surface area contributed by atoms with Gasteiger partial charge in [-0.3, -0.25) is 19.4 Å². The third-order valence-electron chi connectivity index (χ3n) is 2.25. The highest BCUT2D eigenvalue weighted by atomic mass is 16.2. The van der Waals surface area contributed by atoms with Crippen LogP contribution in [0.1, 0.15) is 13.8 Å². The molecule has 0 bridgehead atoms. The molecule has 1 rings (SSSR count). The molecule has 0 aromatic heterocycles. The minimum absolute atomic E-state index is 0.458. The highest BCUT2D eigenvalue weighted by Gasteiger charge is 2.48. The maximum Gasteiger partial charge on any atom is 0.332 e. The summed E-state index contributed by atoms with van der Waals surface area (Å²) in [5.41, 5.74) is -1.13. The topological polar surface area (TPSA) is 57.7 Å². The van der Waals surface area contributed by atoms with E-state index in [4.69, 9.17) is 0 Å². The molecule has 1 heterocycles. The first kappa shape index (κ1) is 9.70. The smallest absolute Gasteiger partial charge is 0.273 e. The quantitative estimate of drug-likeness (QED) is 0.500. The second kappa shape index (κ2) is 2.55. The molecule has 1 saturated heterocycles. The average molecular weight is 184 g/mol. The third-order valence-corrected chi connectivity index (χ3v) is 2.25. The molecule has 72 valence electrons. The van der Waals surface area contributed by atoms with Crippen LogP contribution in [0.5, 0.6) is 0 Å². The van der Waals surface area contributed by atoms with E-state index in [0.29, 0.717) is 0 Å². The van der Waals surface area contributed by atoms with E-state index in [1.807, 2.05) is 0 Å². The number of carbonyl (C=O) groups excluding carboxylic acids is 3. The Balaban J connectivity index is 3.15. The van der Waals surface area contributed by atoms with Crippen LogP contribution in [0.25, 0.3) is 0 Å². The van der Waals surface area contributed by atoms with Gasteiger partial charge in [0.2, 0.25) is 11.8 Å². The molecule has 0 saturated carbocycles. The van der Waals surface area contributed by atoms with E-state index in [9.17, 15) is 14.4 Å². The highest BCUT2D eigenvalue weighted by molar-refractivity contribution is 6.18. The number of amides is 4. The van der Waals surface area contributed by atoms with Crippen molar-refractivity contribution in [2.24, 2.45) is 5.41 Å². The Morgan fingerprint density at radius 1 is 0.923 bits per heavy atom. The zero-order valence-corrected chi connectivity index (χ0v) is 8.12. The van der Waals surface area contributed by atoms with Crippen LogP contribution < -0.4 is 0 Å². The monoisotopic (exact) mass is 184 g/mol. The van der Waals surface area contributed by atoms with Crippen molar-refractivity contribution in [3.05, 3.63) is 0 Å². The van der Waals surface area contributed by atoms with Crippen LogP contribution in [0.2, 0.25) is 0 Å². The molecule has 5 nitrogen and oxygen atoms in total. The summed E-state index contributed by atoms with van der Waals surface area (Å²) in [4.78, 5) is 36.1. The zero-order valence-electron chi connectivity index (χ0n) is 8.12. The number of imide groups is 2. The summed E-state index contributed by atoms with van der Waals surface area (Å²) < 4.78 is 0. The average Bonchev–Trinajstić information content (AvgIpc) is 2.09. The van der Waals surface area contributed by atoms with Gasteiger partial charge in [0.15, 0.2) is 0 Å². The van der Waals surface area contributed by atoms with Gasteiger partial charge < -0.3 is 0 Å². The molecule has 0 radical (unpaired) electrons. The van der Waals surface area contributed by atoms with Crippen molar-refractivity contribution in [2.75, 3.05) is 14.1 Å². The summed E-state index contributed by atoms with van der Waals surface area (Å²) >= 11 is 0. The fourth-order valence-electron chi connectivity index (χ4n) is 1.33. The first-order valence-electron chi connectivity index (χ1n) is 3.90. The summed E-state index contributed by atoms with van der Waals surface area (Å²) in [6.45, 7) is 3.02. The molecular formula is C8H12N2O3. The lowest BCUT2D eigenvalue weighted by molar-refractivity contribution is -0.154. The fourth-order valence-corrected chi connectivity index (χ4v) is 1.33. The van der Waals surface area contributed by atoms with Crippen molar-refractivity contribution in [3.63, 3.8) is 0 Å². The molecule has 1 aliphatic heterocycles. The number of nitrogens with zero attached hydrogens (tertiary/aromatic N) is 2. The van der Waals surface area contributed by atoms with Crippen molar-refractivity contribution in [1.82, 2.24) is 9.80 Å². The SMILES string of the molecule is CN1C(=O)N(C)C(=O)C(C)(C)C1=O. The molecule has 0 atom stereocenters. The highest BCUT2D eigenvalue weighted by Crippen LogP contribution is 2.26. The Kier molecular flexibility index (Phi) is 1.90. The molecule has 4 amide bonds. The van der Waals surface area contributed by atoms with Crippen LogP contribution in [-0.2, 0) is 9.59 Å². The van der Waals surface area contributed by atoms with Crippen LogP contribution in [0.3, 0.4) is 0 Å². The number of hydrogen-bond donors (Lipinski definition) is 0. The van der Waals surface area contributed by atoms with Gasteiger partial charge in [-0.2, -0.15) is 0 Å². The predicted octanol–water partition coefficient (Wildman–Crippen LogP) is 0.0630. The van der Waals surface area contributed by atoms with Crippen molar-refractivity contribution in [3.8, 4) is 0 Å². The molecule has 0 aromatic rings. The van der Waals surface area contributed by atoms with Gasteiger partial charge in [-0.25, -0.2) is 4.79 Å². The first-order chi connectivity index (χ1) is 5.80. The zero-order chi connectivity index (χ0) is 10.4. The number of hydrogen-bond acceptors (Lipinski definition) is 3. The molecule has 0 spiro atoms. The maximum atomic E-state index is 11.5. The summed E-state index contributed by atoms with van der Waals surface area (Å²) in [7, 11) is 2.74. The molecule has 1 fully saturated rings. The second-order valence-corrected chi connectivity index (χ2v) is 3.64. The van der Waals surface area contributed by atoms with E-state index in [-0.39, 0.29) is 0 Å². The second-order valence-electron chi connectivity index (χ2n) is 3.64. The van der Waals surface area contributed by atoms with Gasteiger partial charge in [-0.15, -0.1) is 0 Å². The van der Waals surface area contributed by atoms with E-state index in [0.717, 1.165) is 9.80 Å². The van der Waals surface area contributed by atoms with Crippen molar-refractivity contribution >= 4 is 17.8 Å². The summed E-state index contributed by atoms with van der Waals surface area (Å²) in [5, 5.41) is 0. The lowest BCUT2D eigenvalue weighted by Crippen LogP contribution is -2.60. The summed E-state index contributed by atoms with van der Waals surface area (Å²) in [6, 6.07) is -0.575. The van der Waals surface area contributed by atoms with E-state index >= 15 is 0 Å². The number of rotatable bonds is 0. The summed E-state index contributed by atoms with van der Waals surface area (Å²) in [5.74, 6) is -0.916.